The number of aryl methyl sites for hydroxylation is 1. The number of thiazole rings is 1. The lowest BCUT2D eigenvalue weighted by atomic mass is 9.96. The molecule has 1 aromatic carbocycles. The van der Waals surface area contributed by atoms with Gasteiger partial charge in [-0.3, -0.25) is 14.0 Å². The number of aromatic nitrogens is 3. The normalized spacial score (nSPS) is 16.0. The van der Waals surface area contributed by atoms with Crippen LogP contribution < -0.4 is 19.6 Å². The van der Waals surface area contributed by atoms with Gasteiger partial charge >= 0.3 is 5.97 Å². The Labute approximate surface area is 188 Å². The average molecular weight is 453 g/mol. The molecule has 0 aliphatic carbocycles. The van der Waals surface area contributed by atoms with Crippen LogP contribution in [-0.4, -0.2) is 34.0 Å². The quantitative estimate of drug-likeness (QED) is 0.552. The molecule has 0 saturated carbocycles. The molecule has 0 spiro atoms. The number of benzene rings is 1. The Balaban J connectivity index is 1.95. The Morgan fingerprint density at radius 2 is 1.97 bits per heavy atom. The first-order valence-corrected chi connectivity index (χ1v) is 11.0. The van der Waals surface area contributed by atoms with Gasteiger partial charge in [-0.1, -0.05) is 23.5 Å². The van der Waals surface area contributed by atoms with Crippen molar-refractivity contribution in [2.45, 2.75) is 26.8 Å². The van der Waals surface area contributed by atoms with Crippen LogP contribution in [0.5, 0.6) is 5.75 Å². The van der Waals surface area contributed by atoms with Gasteiger partial charge in [0.05, 0.1) is 41.8 Å². The number of rotatable bonds is 5. The molecule has 0 bridgehead atoms. The van der Waals surface area contributed by atoms with Gasteiger partial charge in [0.2, 0.25) is 0 Å². The highest BCUT2D eigenvalue weighted by Crippen LogP contribution is 2.31. The Morgan fingerprint density at radius 3 is 2.56 bits per heavy atom. The first-order valence-electron chi connectivity index (χ1n) is 10.2. The van der Waals surface area contributed by atoms with Crippen LogP contribution in [0.15, 0.2) is 51.5 Å². The number of carbonyl (C=O) groups is 1. The SMILES string of the molecule is CCOC(=O)C1=C(C)N=c2sc(=Cc3cnn(C)c3C)c(=O)n2[C@H]1c1ccc(OC)cc1. The molecule has 0 unspecified atom stereocenters. The van der Waals surface area contributed by atoms with Crippen molar-refractivity contribution in [3.8, 4) is 5.75 Å². The summed E-state index contributed by atoms with van der Waals surface area (Å²) in [6.45, 7) is 5.70. The van der Waals surface area contributed by atoms with E-state index in [2.05, 4.69) is 10.1 Å². The Hall–Kier alpha value is -3.46. The van der Waals surface area contributed by atoms with Gasteiger partial charge in [-0.05, 0) is 44.5 Å². The smallest absolute Gasteiger partial charge is 0.338 e. The Kier molecular flexibility index (Phi) is 5.84. The molecular formula is C23H24N4O4S. The summed E-state index contributed by atoms with van der Waals surface area (Å²) in [7, 11) is 3.44. The van der Waals surface area contributed by atoms with Crippen molar-refractivity contribution >= 4 is 23.4 Å². The van der Waals surface area contributed by atoms with E-state index in [9.17, 15) is 9.59 Å². The Morgan fingerprint density at radius 1 is 1.25 bits per heavy atom. The minimum Gasteiger partial charge on any atom is -0.497 e. The molecule has 4 rings (SSSR count). The molecule has 9 heteroatoms. The zero-order chi connectivity index (χ0) is 23.0. The zero-order valence-corrected chi connectivity index (χ0v) is 19.4. The molecule has 0 fully saturated rings. The van der Waals surface area contributed by atoms with Gasteiger partial charge in [-0.15, -0.1) is 0 Å². The molecule has 3 heterocycles. The molecule has 0 saturated heterocycles. The van der Waals surface area contributed by atoms with E-state index in [0.29, 0.717) is 26.4 Å². The molecule has 1 aliphatic heterocycles. The number of nitrogens with zero attached hydrogens (tertiary/aromatic N) is 4. The summed E-state index contributed by atoms with van der Waals surface area (Å²) >= 11 is 1.29. The van der Waals surface area contributed by atoms with E-state index in [4.69, 9.17) is 9.47 Å². The van der Waals surface area contributed by atoms with Crippen LogP contribution in [0.3, 0.4) is 0 Å². The van der Waals surface area contributed by atoms with Crippen molar-refractivity contribution in [2.24, 2.45) is 12.0 Å². The minimum atomic E-state index is -0.645. The van der Waals surface area contributed by atoms with Gasteiger partial charge in [0.25, 0.3) is 5.56 Å². The number of esters is 1. The van der Waals surface area contributed by atoms with Crippen molar-refractivity contribution in [3.05, 3.63) is 78.2 Å². The number of methoxy groups -OCH3 is 1. The molecule has 3 aromatic rings. The molecule has 166 valence electrons. The van der Waals surface area contributed by atoms with Crippen LogP contribution in [0.25, 0.3) is 6.08 Å². The predicted molar refractivity (Wildman–Crippen MR) is 121 cm³/mol. The topological polar surface area (TPSA) is 87.7 Å². The van der Waals surface area contributed by atoms with Crippen molar-refractivity contribution in [1.29, 1.82) is 0 Å². The van der Waals surface area contributed by atoms with E-state index >= 15 is 0 Å². The van der Waals surface area contributed by atoms with E-state index in [1.807, 2.05) is 44.3 Å². The zero-order valence-electron chi connectivity index (χ0n) is 18.6. The largest absolute Gasteiger partial charge is 0.497 e. The van der Waals surface area contributed by atoms with Crippen LogP contribution in [0.2, 0.25) is 0 Å². The highest BCUT2D eigenvalue weighted by atomic mass is 32.1. The fraction of sp³-hybridized carbons (Fsp3) is 0.304. The summed E-state index contributed by atoms with van der Waals surface area (Å²) < 4.78 is 14.4. The fourth-order valence-electron chi connectivity index (χ4n) is 3.69. The number of allylic oxidation sites excluding steroid dienone is 1. The second-order valence-electron chi connectivity index (χ2n) is 7.38. The van der Waals surface area contributed by atoms with E-state index in [-0.39, 0.29) is 12.2 Å². The van der Waals surface area contributed by atoms with Crippen molar-refractivity contribution in [1.82, 2.24) is 14.3 Å². The first-order chi connectivity index (χ1) is 15.3. The van der Waals surface area contributed by atoms with Gasteiger partial charge in [0.15, 0.2) is 4.80 Å². The summed E-state index contributed by atoms with van der Waals surface area (Å²) in [6.07, 6.45) is 3.55. The van der Waals surface area contributed by atoms with Gasteiger partial charge in [0, 0.05) is 18.3 Å². The number of hydrogen-bond donors (Lipinski definition) is 0. The number of hydrogen-bond acceptors (Lipinski definition) is 7. The van der Waals surface area contributed by atoms with E-state index in [1.54, 1.807) is 36.4 Å². The van der Waals surface area contributed by atoms with Gasteiger partial charge in [-0.25, -0.2) is 9.79 Å². The van der Waals surface area contributed by atoms with Crippen LogP contribution >= 0.6 is 11.3 Å². The molecular weight excluding hydrogens is 428 g/mol. The fourth-order valence-corrected chi connectivity index (χ4v) is 4.73. The molecule has 1 aliphatic rings. The maximum atomic E-state index is 13.5. The van der Waals surface area contributed by atoms with Gasteiger partial charge in [0.1, 0.15) is 5.75 Å². The van der Waals surface area contributed by atoms with Crippen LogP contribution in [-0.2, 0) is 16.6 Å². The summed E-state index contributed by atoms with van der Waals surface area (Å²) in [4.78, 5) is 31.5. The van der Waals surface area contributed by atoms with E-state index in [0.717, 1.165) is 16.8 Å². The van der Waals surface area contributed by atoms with E-state index in [1.165, 1.54) is 11.3 Å². The van der Waals surface area contributed by atoms with Crippen molar-refractivity contribution in [2.75, 3.05) is 13.7 Å². The standard InChI is InChI=1S/C23H24N4O4S/c1-6-31-22(29)19-13(2)25-23-27(20(19)15-7-9-17(30-5)10-8-15)21(28)18(32-23)11-16-12-24-26(4)14(16)3/h7-12,20H,6H2,1-5H3/t20-/m0/s1. The minimum absolute atomic E-state index is 0.216. The predicted octanol–water partition coefficient (Wildman–Crippen LogP) is 1.85. The first kappa shape index (κ1) is 21.8. The molecule has 0 amide bonds. The summed E-state index contributed by atoms with van der Waals surface area (Å²) in [6, 6.07) is 6.67. The third kappa shape index (κ3) is 3.69. The molecule has 0 radical (unpaired) electrons. The highest BCUT2D eigenvalue weighted by molar-refractivity contribution is 7.07. The average Bonchev–Trinajstić information content (AvgIpc) is 3.26. The monoisotopic (exact) mass is 452 g/mol. The lowest BCUT2D eigenvalue weighted by Crippen LogP contribution is -2.39. The van der Waals surface area contributed by atoms with Gasteiger partial charge in [-0.2, -0.15) is 5.10 Å². The number of fused-ring (bicyclic) bond motifs is 1. The summed E-state index contributed by atoms with van der Waals surface area (Å²) in [5.41, 5.74) is 3.26. The van der Waals surface area contributed by atoms with Crippen LogP contribution in [0.1, 0.15) is 36.7 Å². The van der Waals surface area contributed by atoms with Gasteiger partial charge < -0.3 is 9.47 Å². The van der Waals surface area contributed by atoms with Crippen molar-refractivity contribution < 1.29 is 14.3 Å². The van der Waals surface area contributed by atoms with Crippen LogP contribution in [0, 0.1) is 6.92 Å². The van der Waals surface area contributed by atoms with Crippen LogP contribution in [0.4, 0.5) is 0 Å². The lowest BCUT2D eigenvalue weighted by Gasteiger charge is -2.24. The van der Waals surface area contributed by atoms with E-state index < -0.39 is 12.0 Å². The summed E-state index contributed by atoms with van der Waals surface area (Å²) in [5, 5.41) is 4.25. The highest BCUT2D eigenvalue weighted by Gasteiger charge is 2.33. The third-order valence-corrected chi connectivity index (χ3v) is 6.49. The lowest BCUT2D eigenvalue weighted by molar-refractivity contribution is -0.139. The molecule has 0 N–H and O–H groups in total. The maximum Gasteiger partial charge on any atom is 0.338 e. The second-order valence-corrected chi connectivity index (χ2v) is 8.39. The molecule has 32 heavy (non-hydrogen) atoms. The maximum absolute atomic E-state index is 13.5. The molecule has 1 atom stereocenters. The molecule has 8 nitrogen and oxygen atoms in total. The number of ether oxygens (including phenoxy) is 2. The number of carbonyl (C=O) groups excluding carboxylic acids is 1. The second kappa shape index (κ2) is 8.58. The summed E-state index contributed by atoms with van der Waals surface area (Å²) in [5.74, 6) is 0.207. The van der Waals surface area contributed by atoms with Crippen molar-refractivity contribution in [3.63, 3.8) is 0 Å². The molecule has 2 aromatic heterocycles. The third-order valence-electron chi connectivity index (χ3n) is 5.51. The Bertz CT molecular complexity index is 1390.